The summed E-state index contributed by atoms with van der Waals surface area (Å²) >= 11 is 1.69. The third-order valence-corrected chi connectivity index (χ3v) is 7.39. The van der Waals surface area contributed by atoms with E-state index in [1.165, 1.54) is 29.1 Å². The summed E-state index contributed by atoms with van der Waals surface area (Å²) in [6, 6.07) is 18.1. The molecule has 31 heavy (non-hydrogen) atoms. The van der Waals surface area contributed by atoms with Gasteiger partial charge in [-0.3, -0.25) is 9.59 Å². The van der Waals surface area contributed by atoms with Crippen molar-refractivity contribution in [2.75, 3.05) is 19.6 Å². The molecule has 0 N–H and O–H groups in total. The van der Waals surface area contributed by atoms with Crippen molar-refractivity contribution in [2.24, 2.45) is 0 Å². The summed E-state index contributed by atoms with van der Waals surface area (Å²) < 4.78 is 13.1. The molecule has 1 aliphatic rings. The number of benzene rings is 2. The SMILES string of the molecule is CC(=O)C1(c2ccsc2-c2ccccc2)CCN(CCC(=O)c2ccc(F)cc2)CC1. The summed E-state index contributed by atoms with van der Waals surface area (Å²) in [7, 11) is 0. The van der Waals surface area contributed by atoms with Crippen LogP contribution in [0.2, 0.25) is 0 Å². The largest absolute Gasteiger partial charge is 0.303 e. The smallest absolute Gasteiger partial charge is 0.164 e. The molecule has 2 aromatic carbocycles. The fraction of sp³-hybridized carbons (Fsp3) is 0.308. The lowest BCUT2D eigenvalue weighted by molar-refractivity contribution is -0.124. The summed E-state index contributed by atoms with van der Waals surface area (Å²) in [5, 5.41) is 2.08. The second-order valence-corrected chi connectivity index (χ2v) is 9.11. The lowest BCUT2D eigenvalue weighted by atomic mass is 9.69. The molecular weight excluding hydrogens is 409 g/mol. The molecule has 0 atom stereocenters. The van der Waals surface area contributed by atoms with E-state index in [9.17, 15) is 14.0 Å². The zero-order valence-corrected chi connectivity index (χ0v) is 18.5. The van der Waals surface area contributed by atoms with Crippen LogP contribution in [0.5, 0.6) is 0 Å². The Bertz CT molecular complexity index is 1050. The molecule has 0 aliphatic carbocycles. The summed E-state index contributed by atoms with van der Waals surface area (Å²) in [6.07, 6.45) is 1.90. The summed E-state index contributed by atoms with van der Waals surface area (Å²) in [5.74, 6) is -0.103. The molecule has 0 saturated carbocycles. The Morgan fingerprint density at radius 1 is 1.00 bits per heavy atom. The van der Waals surface area contributed by atoms with Crippen LogP contribution in [0.3, 0.4) is 0 Å². The van der Waals surface area contributed by atoms with Gasteiger partial charge in [0.2, 0.25) is 0 Å². The van der Waals surface area contributed by atoms with Crippen LogP contribution in [0.15, 0.2) is 66.0 Å². The molecular formula is C26H26FNO2S. The quantitative estimate of drug-likeness (QED) is 0.444. The van der Waals surface area contributed by atoms with Gasteiger partial charge in [-0.2, -0.15) is 0 Å². The zero-order chi connectivity index (χ0) is 21.8. The molecule has 3 nitrogen and oxygen atoms in total. The number of rotatable bonds is 7. The molecule has 2 heterocycles. The molecule has 5 heteroatoms. The minimum Gasteiger partial charge on any atom is -0.303 e. The first-order valence-electron chi connectivity index (χ1n) is 10.7. The van der Waals surface area contributed by atoms with Gasteiger partial charge in [0.1, 0.15) is 11.6 Å². The Labute approximate surface area is 186 Å². The number of carbonyl (C=O) groups excluding carboxylic acids is 2. The number of thiophene rings is 1. The lowest BCUT2D eigenvalue weighted by Gasteiger charge is -2.40. The predicted octanol–water partition coefficient (Wildman–Crippen LogP) is 5.75. The summed E-state index contributed by atoms with van der Waals surface area (Å²) in [6.45, 7) is 3.92. The molecule has 1 aliphatic heterocycles. The van der Waals surface area contributed by atoms with Crippen LogP contribution in [0, 0.1) is 5.82 Å². The molecule has 3 aromatic rings. The predicted molar refractivity (Wildman–Crippen MR) is 123 cm³/mol. The molecule has 0 bridgehead atoms. The Morgan fingerprint density at radius 3 is 2.32 bits per heavy atom. The average molecular weight is 436 g/mol. The normalized spacial score (nSPS) is 16.2. The van der Waals surface area contributed by atoms with Crippen molar-refractivity contribution in [2.45, 2.75) is 31.6 Å². The maximum absolute atomic E-state index is 13.1. The first kappa shape index (κ1) is 21.6. The van der Waals surface area contributed by atoms with Gasteiger partial charge < -0.3 is 4.90 Å². The number of ketones is 2. The average Bonchev–Trinajstić information content (AvgIpc) is 3.29. The maximum atomic E-state index is 13.1. The van der Waals surface area contributed by atoms with Gasteiger partial charge in [-0.05, 0) is 79.7 Å². The van der Waals surface area contributed by atoms with E-state index in [4.69, 9.17) is 0 Å². The van der Waals surface area contributed by atoms with E-state index in [0.29, 0.717) is 18.5 Å². The number of likely N-dealkylation sites (tertiary alicyclic amines) is 1. The Hall–Kier alpha value is -2.63. The van der Waals surface area contributed by atoms with E-state index in [2.05, 4.69) is 28.5 Å². The summed E-state index contributed by atoms with van der Waals surface area (Å²) in [4.78, 5) is 28.7. The van der Waals surface area contributed by atoms with Crippen LogP contribution < -0.4 is 0 Å². The van der Waals surface area contributed by atoms with E-state index in [-0.39, 0.29) is 17.4 Å². The first-order chi connectivity index (χ1) is 15.0. The summed E-state index contributed by atoms with van der Waals surface area (Å²) in [5.41, 5.74) is 2.36. The number of nitrogens with zero attached hydrogens (tertiary/aromatic N) is 1. The zero-order valence-electron chi connectivity index (χ0n) is 17.6. The molecule has 1 saturated heterocycles. The first-order valence-corrected chi connectivity index (χ1v) is 11.5. The topological polar surface area (TPSA) is 37.4 Å². The fourth-order valence-electron chi connectivity index (χ4n) is 4.51. The highest BCUT2D eigenvalue weighted by Gasteiger charge is 2.42. The van der Waals surface area contributed by atoms with Gasteiger partial charge in [-0.15, -0.1) is 11.3 Å². The Balaban J connectivity index is 1.44. The molecule has 1 aromatic heterocycles. The Morgan fingerprint density at radius 2 is 1.68 bits per heavy atom. The highest BCUT2D eigenvalue weighted by atomic mass is 32.1. The van der Waals surface area contributed by atoms with Crippen molar-refractivity contribution < 1.29 is 14.0 Å². The number of piperidine rings is 1. The monoisotopic (exact) mass is 435 g/mol. The maximum Gasteiger partial charge on any atom is 0.164 e. The van der Waals surface area contributed by atoms with E-state index < -0.39 is 5.41 Å². The van der Waals surface area contributed by atoms with Gasteiger partial charge in [0.05, 0.1) is 5.41 Å². The van der Waals surface area contributed by atoms with Crippen molar-refractivity contribution in [3.63, 3.8) is 0 Å². The van der Waals surface area contributed by atoms with Crippen molar-refractivity contribution in [3.05, 3.63) is 83.0 Å². The molecule has 4 rings (SSSR count). The molecule has 0 unspecified atom stereocenters. The minimum atomic E-state index is -0.470. The van der Waals surface area contributed by atoms with E-state index in [0.717, 1.165) is 37.1 Å². The second-order valence-electron chi connectivity index (χ2n) is 8.19. The number of hydrogen-bond donors (Lipinski definition) is 0. The van der Waals surface area contributed by atoms with Crippen molar-refractivity contribution in [1.29, 1.82) is 0 Å². The van der Waals surface area contributed by atoms with Gasteiger partial charge in [0, 0.05) is 23.4 Å². The number of Topliss-reactive ketones (excluding diaryl/α,β-unsaturated/α-hetero) is 2. The molecule has 160 valence electrons. The fourth-order valence-corrected chi connectivity index (χ4v) is 5.51. The standard InChI is InChI=1S/C26H26FNO2S/c1-19(29)26(23-12-18-31-25(23)21-5-3-2-4-6-21)13-16-28(17-14-26)15-11-24(30)20-7-9-22(27)10-8-20/h2-10,12,18H,11,13-17H2,1H3. The Kier molecular flexibility index (Phi) is 6.44. The van der Waals surface area contributed by atoms with Gasteiger partial charge in [-0.1, -0.05) is 30.3 Å². The van der Waals surface area contributed by atoms with Crippen molar-refractivity contribution in [3.8, 4) is 10.4 Å². The van der Waals surface area contributed by atoms with Gasteiger partial charge in [0.15, 0.2) is 5.78 Å². The number of halogens is 1. The third-order valence-electron chi connectivity index (χ3n) is 6.42. The van der Waals surface area contributed by atoms with E-state index in [1.807, 2.05) is 18.2 Å². The van der Waals surface area contributed by atoms with E-state index >= 15 is 0 Å². The molecule has 0 spiro atoms. The molecule has 0 amide bonds. The van der Waals surface area contributed by atoms with Crippen LogP contribution in [-0.2, 0) is 10.2 Å². The minimum absolute atomic E-state index is 0.0209. The van der Waals surface area contributed by atoms with Crippen LogP contribution in [0.25, 0.3) is 10.4 Å². The third kappa shape index (κ3) is 4.53. The van der Waals surface area contributed by atoms with Crippen LogP contribution in [-0.4, -0.2) is 36.1 Å². The van der Waals surface area contributed by atoms with Gasteiger partial charge >= 0.3 is 0 Å². The van der Waals surface area contributed by atoms with Crippen LogP contribution in [0.4, 0.5) is 4.39 Å². The van der Waals surface area contributed by atoms with Gasteiger partial charge in [-0.25, -0.2) is 4.39 Å². The highest BCUT2D eigenvalue weighted by molar-refractivity contribution is 7.13. The van der Waals surface area contributed by atoms with Crippen molar-refractivity contribution >= 4 is 22.9 Å². The van der Waals surface area contributed by atoms with Crippen LogP contribution >= 0.6 is 11.3 Å². The molecule has 0 radical (unpaired) electrons. The van der Waals surface area contributed by atoms with E-state index in [1.54, 1.807) is 18.3 Å². The highest BCUT2D eigenvalue weighted by Crippen LogP contribution is 2.44. The van der Waals surface area contributed by atoms with Crippen LogP contribution in [0.1, 0.15) is 42.1 Å². The van der Waals surface area contributed by atoms with Crippen molar-refractivity contribution in [1.82, 2.24) is 4.90 Å². The second kappa shape index (κ2) is 9.25. The van der Waals surface area contributed by atoms with Gasteiger partial charge in [0.25, 0.3) is 0 Å². The lowest BCUT2D eigenvalue weighted by Crippen LogP contribution is -2.47. The number of carbonyl (C=O) groups is 2. The molecule has 1 fully saturated rings. The number of hydrogen-bond acceptors (Lipinski definition) is 4.